The standard InChI is InChI=1S/C29H33N5O4/c1-18(2)32-22-9-10-26(35)23(16-22)27(36)19-5-7-20(8-6-19)28(37)33-24-4-3-13-31-17-25(24)34-29(38)21-11-14-30-15-12-21/h5-12,14-16,18,24-25,31-32,35H,3-4,13,17H2,1-2H3,(H,33,37)(H,34,38)/t24-,25-/m1/s1. The number of rotatable bonds is 8. The molecule has 2 atom stereocenters. The molecule has 2 aromatic carbocycles. The summed E-state index contributed by atoms with van der Waals surface area (Å²) < 4.78 is 0. The van der Waals surface area contributed by atoms with E-state index >= 15 is 0 Å². The van der Waals surface area contributed by atoms with E-state index in [-0.39, 0.29) is 47.0 Å². The van der Waals surface area contributed by atoms with Crippen LogP contribution in [0.3, 0.4) is 0 Å². The summed E-state index contributed by atoms with van der Waals surface area (Å²) in [6, 6.07) is 14.1. The number of carbonyl (C=O) groups is 3. The molecule has 5 N–H and O–H groups in total. The van der Waals surface area contributed by atoms with E-state index in [9.17, 15) is 19.5 Å². The lowest BCUT2D eigenvalue weighted by Crippen LogP contribution is -2.54. The third-order valence-electron chi connectivity index (χ3n) is 6.40. The summed E-state index contributed by atoms with van der Waals surface area (Å²) in [5, 5.41) is 22.9. The molecule has 1 saturated heterocycles. The minimum Gasteiger partial charge on any atom is -0.507 e. The van der Waals surface area contributed by atoms with Crippen LogP contribution in [0, 0.1) is 0 Å². The van der Waals surface area contributed by atoms with E-state index in [0.717, 1.165) is 18.7 Å². The SMILES string of the molecule is CC(C)Nc1ccc(O)c(C(=O)c2ccc(C(=O)N[C@@H]3CCCNC[C@H]3NC(=O)c3ccncc3)cc2)c1. The summed E-state index contributed by atoms with van der Waals surface area (Å²) in [5.74, 6) is -0.951. The second-order valence-corrected chi connectivity index (χ2v) is 9.68. The average Bonchev–Trinajstić information content (AvgIpc) is 3.14. The van der Waals surface area contributed by atoms with Crippen LogP contribution in [0.1, 0.15) is 63.3 Å². The van der Waals surface area contributed by atoms with Crippen molar-refractivity contribution in [1.82, 2.24) is 20.9 Å². The Balaban J connectivity index is 1.44. The van der Waals surface area contributed by atoms with Crippen molar-refractivity contribution in [1.29, 1.82) is 0 Å². The number of benzene rings is 2. The topological polar surface area (TPSA) is 132 Å². The van der Waals surface area contributed by atoms with Crippen molar-refractivity contribution in [3.63, 3.8) is 0 Å². The number of amides is 2. The highest BCUT2D eigenvalue weighted by molar-refractivity contribution is 6.11. The minimum absolute atomic E-state index is 0.104. The maximum Gasteiger partial charge on any atom is 0.251 e. The van der Waals surface area contributed by atoms with Crippen molar-refractivity contribution in [3.05, 3.63) is 89.2 Å². The van der Waals surface area contributed by atoms with E-state index in [1.807, 2.05) is 13.8 Å². The molecule has 0 bridgehead atoms. The summed E-state index contributed by atoms with van der Waals surface area (Å²) in [7, 11) is 0. The number of ketones is 1. The van der Waals surface area contributed by atoms with Gasteiger partial charge in [0, 0.05) is 47.4 Å². The number of phenolic OH excluding ortho intramolecular Hbond substituents is 1. The predicted octanol–water partition coefficient (Wildman–Crippen LogP) is 3.12. The second-order valence-electron chi connectivity index (χ2n) is 9.68. The van der Waals surface area contributed by atoms with E-state index in [4.69, 9.17) is 0 Å². The highest BCUT2D eigenvalue weighted by atomic mass is 16.3. The largest absolute Gasteiger partial charge is 0.507 e. The molecule has 4 rings (SSSR count). The number of carbonyl (C=O) groups excluding carboxylic acids is 3. The van der Waals surface area contributed by atoms with E-state index in [2.05, 4.69) is 26.3 Å². The number of nitrogens with one attached hydrogen (secondary N) is 4. The Morgan fingerprint density at radius 2 is 1.53 bits per heavy atom. The van der Waals surface area contributed by atoms with Crippen molar-refractivity contribution in [2.75, 3.05) is 18.4 Å². The molecule has 0 spiro atoms. The normalized spacial score (nSPS) is 17.3. The van der Waals surface area contributed by atoms with Crippen LogP contribution in [0.5, 0.6) is 5.75 Å². The van der Waals surface area contributed by atoms with Gasteiger partial charge in [0.1, 0.15) is 5.75 Å². The molecule has 2 amide bonds. The fourth-order valence-corrected chi connectivity index (χ4v) is 4.45. The highest BCUT2D eigenvalue weighted by Crippen LogP contribution is 2.25. The molecular weight excluding hydrogens is 482 g/mol. The molecule has 1 fully saturated rings. The quantitative estimate of drug-likeness (QED) is 0.230. The molecule has 1 aliphatic rings. The molecule has 198 valence electrons. The monoisotopic (exact) mass is 515 g/mol. The van der Waals surface area contributed by atoms with E-state index in [1.54, 1.807) is 60.9 Å². The maximum absolute atomic E-state index is 13.1. The first kappa shape index (κ1) is 26.8. The first-order chi connectivity index (χ1) is 18.3. The van der Waals surface area contributed by atoms with Gasteiger partial charge in [-0.25, -0.2) is 0 Å². The smallest absolute Gasteiger partial charge is 0.251 e. The Morgan fingerprint density at radius 1 is 0.895 bits per heavy atom. The Labute approximate surface area is 222 Å². The molecule has 3 aromatic rings. The molecular formula is C29H33N5O4. The molecule has 0 unspecified atom stereocenters. The molecule has 1 aliphatic heterocycles. The van der Waals surface area contributed by atoms with Crippen LogP contribution in [0.15, 0.2) is 67.0 Å². The Kier molecular flexibility index (Phi) is 8.70. The van der Waals surface area contributed by atoms with Gasteiger partial charge in [-0.3, -0.25) is 19.4 Å². The lowest BCUT2D eigenvalue weighted by atomic mass is 9.99. The van der Waals surface area contributed by atoms with E-state index < -0.39 is 0 Å². The summed E-state index contributed by atoms with van der Waals surface area (Å²) in [4.78, 5) is 42.8. The second kappa shape index (κ2) is 12.3. The van der Waals surface area contributed by atoms with Crippen LogP contribution in [0.4, 0.5) is 5.69 Å². The van der Waals surface area contributed by atoms with Crippen LogP contribution in [0.2, 0.25) is 0 Å². The number of phenols is 1. The van der Waals surface area contributed by atoms with Gasteiger partial charge in [-0.1, -0.05) is 12.1 Å². The van der Waals surface area contributed by atoms with Gasteiger partial charge in [-0.2, -0.15) is 0 Å². The van der Waals surface area contributed by atoms with Gasteiger partial charge in [0.25, 0.3) is 11.8 Å². The van der Waals surface area contributed by atoms with Crippen molar-refractivity contribution >= 4 is 23.3 Å². The molecule has 9 nitrogen and oxygen atoms in total. The molecule has 38 heavy (non-hydrogen) atoms. The van der Waals surface area contributed by atoms with Crippen LogP contribution in [-0.4, -0.2) is 58.9 Å². The van der Waals surface area contributed by atoms with Crippen LogP contribution >= 0.6 is 0 Å². The first-order valence-corrected chi connectivity index (χ1v) is 12.8. The molecule has 1 aromatic heterocycles. The maximum atomic E-state index is 13.1. The number of hydrogen-bond acceptors (Lipinski definition) is 7. The Bertz CT molecular complexity index is 1280. The lowest BCUT2D eigenvalue weighted by Gasteiger charge is -2.27. The number of pyridine rings is 1. The van der Waals surface area contributed by atoms with Gasteiger partial charge < -0.3 is 26.4 Å². The minimum atomic E-state index is -0.337. The molecule has 0 radical (unpaired) electrons. The summed E-state index contributed by atoms with van der Waals surface area (Å²) >= 11 is 0. The average molecular weight is 516 g/mol. The lowest BCUT2D eigenvalue weighted by molar-refractivity contribution is 0.0882. The summed E-state index contributed by atoms with van der Waals surface area (Å²) in [5.41, 5.74) is 2.19. The van der Waals surface area contributed by atoms with Crippen molar-refractivity contribution < 1.29 is 19.5 Å². The predicted molar refractivity (Wildman–Crippen MR) is 146 cm³/mol. The summed E-state index contributed by atoms with van der Waals surface area (Å²) in [6.45, 7) is 5.30. The van der Waals surface area contributed by atoms with Crippen molar-refractivity contribution in [2.45, 2.75) is 44.8 Å². The molecule has 0 aliphatic carbocycles. The third-order valence-corrected chi connectivity index (χ3v) is 6.40. The Hall–Kier alpha value is -4.24. The zero-order valence-electron chi connectivity index (χ0n) is 21.5. The molecule has 9 heteroatoms. The van der Waals surface area contributed by atoms with Crippen molar-refractivity contribution in [2.24, 2.45) is 0 Å². The van der Waals surface area contributed by atoms with Gasteiger partial charge >= 0.3 is 0 Å². The fraction of sp³-hybridized carbons (Fsp3) is 0.310. The number of anilines is 1. The van der Waals surface area contributed by atoms with Crippen LogP contribution in [0.25, 0.3) is 0 Å². The van der Waals surface area contributed by atoms with E-state index in [0.29, 0.717) is 29.7 Å². The van der Waals surface area contributed by atoms with Gasteiger partial charge in [0.05, 0.1) is 17.6 Å². The van der Waals surface area contributed by atoms with Crippen LogP contribution < -0.4 is 21.3 Å². The van der Waals surface area contributed by atoms with E-state index in [1.165, 1.54) is 6.07 Å². The van der Waals surface area contributed by atoms with Crippen molar-refractivity contribution in [3.8, 4) is 5.75 Å². The van der Waals surface area contributed by atoms with Gasteiger partial charge in [-0.15, -0.1) is 0 Å². The molecule has 0 saturated carbocycles. The fourth-order valence-electron chi connectivity index (χ4n) is 4.45. The number of hydrogen-bond donors (Lipinski definition) is 5. The number of nitrogens with zero attached hydrogens (tertiary/aromatic N) is 1. The number of aromatic hydroxyl groups is 1. The van der Waals surface area contributed by atoms with Crippen LogP contribution in [-0.2, 0) is 0 Å². The van der Waals surface area contributed by atoms with Gasteiger partial charge in [0.15, 0.2) is 5.78 Å². The Morgan fingerprint density at radius 3 is 2.21 bits per heavy atom. The third kappa shape index (κ3) is 6.74. The highest BCUT2D eigenvalue weighted by Gasteiger charge is 2.27. The zero-order chi connectivity index (χ0) is 27.1. The van der Waals surface area contributed by atoms with Gasteiger partial charge in [0.2, 0.25) is 0 Å². The van der Waals surface area contributed by atoms with Gasteiger partial charge in [-0.05, 0) is 75.7 Å². The summed E-state index contributed by atoms with van der Waals surface area (Å²) in [6.07, 6.45) is 4.69. The number of aromatic nitrogens is 1. The zero-order valence-corrected chi connectivity index (χ0v) is 21.5. The molecule has 2 heterocycles. The first-order valence-electron chi connectivity index (χ1n) is 12.8.